The summed E-state index contributed by atoms with van der Waals surface area (Å²) in [6.07, 6.45) is -0.0530. The van der Waals surface area contributed by atoms with E-state index in [-0.39, 0.29) is 68.7 Å². The molecular weight excluding hydrogens is 941 g/mol. The van der Waals surface area contributed by atoms with Crippen molar-refractivity contribution < 1.29 is 47.1 Å². The topological polar surface area (TPSA) is 241 Å². The Hall–Kier alpha value is -6.60. The molecule has 0 saturated carbocycles. The van der Waals surface area contributed by atoms with E-state index < -0.39 is 118 Å². The van der Waals surface area contributed by atoms with Crippen LogP contribution in [0.1, 0.15) is 113 Å². The first-order valence-corrected chi connectivity index (χ1v) is 24.8. The summed E-state index contributed by atoms with van der Waals surface area (Å²) in [5, 5.41) is 17.1. The fourth-order valence-corrected chi connectivity index (χ4v) is 9.10. The Balaban J connectivity index is 1.36. The molecule has 5 rings (SSSR count). The maximum Gasteiger partial charge on any atom is 0.246 e. The predicted octanol–water partition coefficient (Wildman–Crippen LogP) is 4.04. The van der Waals surface area contributed by atoms with E-state index in [9.17, 15) is 47.1 Å². The van der Waals surface area contributed by atoms with Crippen LogP contribution in [-0.2, 0) is 41.9 Å². The molecule has 0 aliphatic carbocycles. The highest BCUT2D eigenvalue weighted by Crippen LogP contribution is 2.34. The molecule has 0 bridgehead atoms. The molecular formula is C54H73F2N9O8. The Morgan fingerprint density at radius 3 is 1.25 bits per heavy atom. The molecule has 0 radical (unpaired) electrons. The van der Waals surface area contributed by atoms with Crippen LogP contribution in [-0.4, -0.2) is 120 Å². The third kappa shape index (κ3) is 15.2. The van der Waals surface area contributed by atoms with Crippen molar-refractivity contribution >= 4 is 52.7 Å². The van der Waals surface area contributed by atoms with Crippen molar-refractivity contribution in [2.45, 2.75) is 130 Å². The van der Waals surface area contributed by atoms with Crippen LogP contribution >= 0.6 is 0 Å². The third-order valence-corrected chi connectivity index (χ3v) is 13.7. The number of nitrogen functional groups attached to an aromatic ring is 1. The minimum Gasteiger partial charge on any atom is -0.399 e. The van der Waals surface area contributed by atoms with Gasteiger partial charge in [-0.1, -0.05) is 65.8 Å². The van der Waals surface area contributed by atoms with Crippen LogP contribution < -0.4 is 37.6 Å². The van der Waals surface area contributed by atoms with Crippen LogP contribution in [0.15, 0.2) is 66.7 Å². The number of amides is 6. The Bertz CT molecular complexity index is 2340. The van der Waals surface area contributed by atoms with E-state index in [1.807, 2.05) is 0 Å². The van der Waals surface area contributed by atoms with Gasteiger partial charge in [0, 0.05) is 55.8 Å². The first-order valence-electron chi connectivity index (χ1n) is 24.8. The number of rotatable bonds is 20. The quantitative estimate of drug-likeness (QED) is 0.0630. The number of benzene rings is 3. The number of carbonyl (C=O) groups excluding carboxylic acids is 8. The summed E-state index contributed by atoms with van der Waals surface area (Å²) in [7, 11) is 3.23. The zero-order valence-electron chi connectivity index (χ0n) is 43.6. The molecule has 2 heterocycles. The molecule has 2 saturated heterocycles. The number of hydrogen-bond donors (Lipinski definition) is 7. The van der Waals surface area contributed by atoms with Crippen LogP contribution in [0.3, 0.4) is 0 Å². The molecule has 2 aliphatic heterocycles. The number of halogens is 2. The van der Waals surface area contributed by atoms with Gasteiger partial charge in [0.1, 0.15) is 35.8 Å². The SMILES string of the molecule is CN[C@@H](C)C(=O)N[C@H](C(=O)N1C[C@@H](CC(=O)c2cc(N)cc(C(=O)C[C@H]3C[C@@H](C(=O)NCc4ccc(F)cc4)N(C(=O)[C@@H](NC(=O)[C@H](C)NC)C(C)(C)C)C3)c2)C[C@H]1C(=O)NCc1ccc(F)cc1)C(C)(C)C. The fourth-order valence-electron chi connectivity index (χ4n) is 9.10. The van der Waals surface area contributed by atoms with Gasteiger partial charge in [-0.15, -0.1) is 0 Å². The van der Waals surface area contributed by atoms with Gasteiger partial charge in [-0.2, -0.15) is 0 Å². The second-order valence-electron chi connectivity index (χ2n) is 21.6. The van der Waals surface area contributed by atoms with Crippen molar-refractivity contribution in [1.29, 1.82) is 0 Å². The Morgan fingerprint density at radius 1 is 0.589 bits per heavy atom. The lowest BCUT2D eigenvalue weighted by Crippen LogP contribution is -2.59. The summed E-state index contributed by atoms with van der Waals surface area (Å²) in [4.78, 5) is 114. The van der Waals surface area contributed by atoms with Crippen LogP contribution in [0, 0.1) is 34.3 Å². The minimum absolute atomic E-state index is 0.00115. The van der Waals surface area contributed by atoms with E-state index in [0.29, 0.717) is 11.1 Å². The van der Waals surface area contributed by atoms with E-state index in [2.05, 4.69) is 31.9 Å². The second-order valence-corrected chi connectivity index (χ2v) is 21.6. The van der Waals surface area contributed by atoms with Crippen molar-refractivity contribution in [3.8, 4) is 0 Å². The van der Waals surface area contributed by atoms with Gasteiger partial charge in [-0.05, 0) is 117 Å². The van der Waals surface area contributed by atoms with E-state index >= 15 is 0 Å². The normalized spacial score (nSPS) is 19.6. The average molecular weight is 1010 g/mol. The molecule has 2 aliphatic rings. The van der Waals surface area contributed by atoms with E-state index in [1.54, 1.807) is 69.5 Å². The zero-order valence-corrected chi connectivity index (χ0v) is 43.6. The van der Waals surface area contributed by atoms with Gasteiger partial charge in [-0.25, -0.2) is 8.78 Å². The zero-order chi connectivity index (χ0) is 54.1. The van der Waals surface area contributed by atoms with Gasteiger partial charge >= 0.3 is 0 Å². The van der Waals surface area contributed by atoms with Crippen LogP contribution in [0.5, 0.6) is 0 Å². The van der Waals surface area contributed by atoms with Crippen molar-refractivity contribution in [3.63, 3.8) is 0 Å². The molecule has 73 heavy (non-hydrogen) atoms. The summed E-state index contributed by atoms with van der Waals surface area (Å²) in [6, 6.07) is 10.2. The number of anilines is 1. The largest absolute Gasteiger partial charge is 0.399 e. The molecule has 19 heteroatoms. The summed E-state index contributed by atoms with van der Waals surface area (Å²) >= 11 is 0. The molecule has 0 aromatic heterocycles. The smallest absolute Gasteiger partial charge is 0.246 e. The van der Waals surface area contributed by atoms with Crippen molar-refractivity contribution in [3.05, 3.63) is 101 Å². The fraction of sp³-hybridized carbons (Fsp3) is 0.519. The third-order valence-electron chi connectivity index (χ3n) is 13.7. The maximum absolute atomic E-state index is 14.5. The number of ketones is 2. The number of likely N-dealkylation sites (N-methyl/N-ethyl adjacent to an activating group) is 2. The van der Waals surface area contributed by atoms with Crippen LogP contribution in [0.2, 0.25) is 0 Å². The number of nitrogens with one attached hydrogen (secondary N) is 6. The van der Waals surface area contributed by atoms with Crippen molar-refractivity contribution in [2.75, 3.05) is 32.9 Å². The monoisotopic (exact) mass is 1010 g/mol. The molecule has 2 fully saturated rings. The molecule has 8 atom stereocenters. The molecule has 0 spiro atoms. The minimum atomic E-state index is -1.04. The number of carbonyl (C=O) groups is 8. The number of hydrogen-bond acceptors (Lipinski definition) is 11. The first-order chi connectivity index (χ1) is 34.2. The second kappa shape index (κ2) is 24.4. The lowest BCUT2D eigenvalue weighted by molar-refractivity contribution is -0.144. The predicted molar refractivity (Wildman–Crippen MR) is 272 cm³/mol. The summed E-state index contributed by atoms with van der Waals surface area (Å²) in [5.74, 6) is -5.53. The highest BCUT2D eigenvalue weighted by Gasteiger charge is 2.47. The molecule has 17 nitrogen and oxygen atoms in total. The number of Topliss-reactive ketones (excluding diaryl/α,β-unsaturated/α-hetero) is 2. The van der Waals surface area contributed by atoms with Crippen LogP contribution in [0.4, 0.5) is 14.5 Å². The standard InChI is InChI=1S/C54H73F2N9O8/c1-30(58-9)47(68)62-45(53(3,4)5)51(72)64-28-34(19-41(64)49(70)60-26-32-11-15-38(55)16-12-32)21-43(66)36-23-37(25-40(57)24-36)44(67)22-35-20-42(50(71)61-27-33-13-17-39(56)18-14-33)65(29-35)52(73)46(54(6,7)8)63-48(69)31(2)59-10/h11-18,23-25,30-31,34-35,41-42,45-46,58-59H,19-22,26-29,57H2,1-10H3,(H,60,70)(H,61,71)(H,62,68)(H,63,69)/t30-,31-,34+,35+,41-,42-,45+,46+/m0/s1. The van der Waals surface area contributed by atoms with Gasteiger partial charge in [0.2, 0.25) is 35.4 Å². The Kier molecular flexibility index (Phi) is 19.2. The van der Waals surface area contributed by atoms with Crippen LogP contribution in [0.25, 0.3) is 0 Å². The van der Waals surface area contributed by atoms with Gasteiger partial charge < -0.3 is 47.4 Å². The highest BCUT2D eigenvalue weighted by atomic mass is 19.1. The molecule has 0 unspecified atom stereocenters. The van der Waals surface area contributed by atoms with Gasteiger partial charge in [0.25, 0.3) is 0 Å². The van der Waals surface area contributed by atoms with Crippen molar-refractivity contribution in [1.82, 2.24) is 41.7 Å². The van der Waals surface area contributed by atoms with Gasteiger partial charge in [-0.3, -0.25) is 38.4 Å². The van der Waals surface area contributed by atoms with Crippen molar-refractivity contribution in [2.24, 2.45) is 22.7 Å². The molecule has 396 valence electrons. The number of likely N-dealkylation sites (tertiary alicyclic amines) is 2. The van der Waals surface area contributed by atoms with E-state index in [0.717, 1.165) is 0 Å². The lowest BCUT2D eigenvalue weighted by atomic mass is 9.85. The van der Waals surface area contributed by atoms with E-state index in [1.165, 1.54) is 76.5 Å². The molecule has 8 N–H and O–H groups in total. The Morgan fingerprint density at radius 2 is 0.932 bits per heavy atom. The Labute approximate surface area is 426 Å². The average Bonchev–Trinajstić information content (AvgIpc) is 3.97. The lowest BCUT2D eigenvalue weighted by Gasteiger charge is -2.36. The maximum atomic E-state index is 14.5. The number of nitrogens with two attached hydrogens (primary N) is 1. The molecule has 3 aromatic rings. The number of nitrogens with zero attached hydrogens (tertiary/aromatic N) is 2. The van der Waals surface area contributed by atoms with Gasteiger partial charge in [0.05, 0.1) is 12.1 Å². The summed E-state index contributed by atoms with van der Waals surface area (Å²) in [6.45, 7) is 14.2. The first kappa shape index (κ1) is 57.3. The highest BCUT2D eigenvalue weighted by molar-refractivity contribution is 6.03. The van der Waals surface area contributed by atoms with E-state index in [4.69, 9.17) is 5.73 Å². The molecule has 3 aromatic carbocycles. The summed E-state index contributed by atoms with van der Waals surface area (Å²) < 4.78 is 27.3. The van der Waals surface area contributed by atoms with Gasteiger partial charge in [0.15, 0.2) is 11.6 Å². The molecule has 6 amide bonds. The summed E-state index contributed by atoms with van der Waals surface area (Å²) in [5.41, 5.74) is 6.42.